The molecule has 0 radical (unpaired) electrons. The fourth-order valence-corrected chi connectivity index (χ4v) is 11.4. The lowest BCUT2D eigenvalue weighted by Gasteiger charge is -2.70. The van der Waals surface area contributed by atoms with Gasteiger partial charge in [0.2, 0.25) is 17.5 Å². The number of rotatable bonds is 2. The van der Waals surface area contributed by atoms with Gasteiger partial charge in [0.25, 0.3) is 0 Å². The molecule has 6 rings (SSSR count). The minimum Gasteiger partial charge on any atom is -0.307 e. The minimum absolute atomic E-state index is 0.0313. The summed E-state index contributed by atoms with van der Waals surface area (Å²) in [6.07, 6.45) is 10.00. The van der Waals surface area contributed by atoms with Gasteiger partial charge in [0, 0.05) is 36.1 Å². The second kappa shape index (κ2) is 8.74. The Morgan fingerprint density at radius 3 is 2.22 bits per heavy atom. The summed E-state index contributed by atoms with van der Waals surface area (Å²) < 4.78 is 0. The van der Waals surface area contributed by atoms with E-state index in [9.17, 15) is 19.2 Å². The summed E-state index contributed by atoms with van der Waals surface area (Å²) >= 11 is 0. The van der Waals surface area contributed by atoms with E-state index in [1.54, 1.807) is 0 Å². The molecule has 2 amide bonds. The molecular weight excluding hydrogens is 512 g/mol. The number of amides is 2. The van der Waals surface area contributed by atoms with E-state index in [-0.39, 0.29) is 63.1 Å². The molecule has 41 heavy (non-hydrogen) atoms. The number of carbonyl (C=O) groups excluding carboxylic acids is 4. The molecule has 0 spiro atoms. The van der Waals surface area contributed by atoms with Crippen LogP contribution in [-0.2, 0) is 19.2 Å². The molecule has 3 saturated carbocycles. The number of likely N-dealkylation sites (tertiary alicyclic amines) is 1. The molecule has 1 heterocycles. The van der Waals surface area contributed by atoms with Crippen molar-refractivity contribution in [3.05, 3.63) is 34.8 Å². The molecule has 0 aromatic carbocycles. The van der Waals surface area contributed by atoms with E-state index in [0.717, 1.165) is 44.1 Å². The Labute approximate surface area is 245 Å². The molecule has 0 aromatic heterocycles. The van der Waals surface area contributed by atoms with Crippen molar-refractivity contribution < 1.29 is 19.2 Å². The Balaban J connectivity index is 1.50. The molecular formula is C35H46N2O4. The number of hydrogen-bond acceptors (Lipinski definition) is 4. The lowest BCUT2D eigenvalue weighted by molar-refractivity contribution is -0.181. The fourth-order valence-electron chi connectivity index (χ4n) is 11.4. The van der Waals surface area contributed by atoms with Crippen LogP contribution in [0.1, 0.15) is 99.8 Å². The van der Waals surface area contributed by atoms with E-state index in [1.165, 1.54) is 4.90 Å². The summed E-state index contributed by atoms with van der Waals surface area (Å²) in [6, 6.07) is 0. The van der Waals surface area contributed by atoms with Gasteiger partial charge in [0.1, 0.15) is 0 Å². The van der Waals surface area contributed by atoms with Crippen LogP contribution in [-0.4, -0.2) is 34.8 Å². The van der Waals surface area contributed by atoms with Crippen LogP contribution >= 0.6 is 0 Å². The number of nitrogens with zero attached hydrogens (tertiary/aromatic N) is 2. The van der Waals surface area contributed by atoms with E-state index < -0.39 is 10.8 Å². The number of imide groups is 1. The molecule has 6 aliphatic rings. The van der Waals surface area contributed by atoms with Crippen molar-refractivity contribution in [1.82, 2.24) is 4.90 Å². The smallest absolute Gasteiger partial charge is 0.229 e. The molecule has 6 heteroatoms. The highest BCUT2D eigenvalue weighted by atomic mass is 16.2. The third kappa shape index (κ3) is 3.47. The Hall–Kier alpha value is -2.55. The second-order valence-electron chi connectivity index (χ2n) is 15.9. The maximum Gasteiger partial charge on any atom is 0.229 e. The molecule has 0 unspecified atom stereocenters. The summed E-state index contributed by atoms with van der Waals surface area (Å²) in [4.78, 5) is 58.8. The first-order valence-electron chi connectivity index (χ1n) is 15.8. The average molecular weight is 559 g/mol. The predicted octanol–water partition coefficient (Wildman–Crippen LogP) is 6.56. The van der Waals surface area contributed by atoms with E-state index in [0.29, 0.717) is 31.2 Å². The first-order valence-corrected chi connectivity index (χ1v) is 15.8. The number of fused-ring (bicyclic) bond motifs is 7. The van der Waals surface area contributed by atoms with Gasteiger partial charge in [-0.05, 0) is 84.5 Å². The van der Waals surface area contributed by atoms with Crippen LogP contribution in [0.5, 0.6) is 0 Å². The van der Waals surface area contributed by atoms with Gasteiger partial charge in [-0.15, -0.1) is 0 Å². The van der Waals surface area contributed by atoms with Crippen molar-refractivity contribution in [1.29, 1.82) is 0 Å². The number of ketones is 2. The second-order valence-corrected chi connectivity index (χ2v) is 15.9. The molecule has 9 atom stereocenters. The Morgan fingerprint density at radius 2 is 1.59 bits per heavy atom. The highest BCUT2D eigenvalue weighted by Crippen LogP contribution is 2.74. The molecule has 0 bridgehead atoms. The van der Waals surface area contributed by atoms with Crippen molar-refractivity contribution in [2.45, 2.75) is 99.8 Å². The molecule has 6 nitrogen and oxygen atoms in total. The van der Waals surface area contributed by atoms with Crippen molar-refractivity contribution >= 4 is 23.4 Å². The van der Waals surface area contributed by atoms with Gasteiger partial charge in [0.05, 0.1) is 6.57 Å². The highest BCUT2D eigenvalue weighted by molar-refractivity contribution is 6.03. The van der Waals surface area contributed by atoms with Crippen molar-refractivity contribution in [2.75, 3.05) is 6.54 Å². The normalized spacial score (nSPS) is 47.0. The number of allylic oxidation sites excluding steroid dienone is 4. The largest absolute Gasteiger partial charge is 0.307 e. The first kappa shape index (κ1) is 28.6. The van der Waals surface area contributed by atoms with E-state index in [2.05, 4.69) is 39.5 Å². The van der Waals surface area contributed by atoms with E-state index in [1.807, 2.05) is 26.0 Å². The van der Waals surface area contributed by atoms with Crippen LogP contribution in [0, 0.1) is 63.2 Å². The molecule has 4 fully saturated rings. The van der Waals surface area contributed by atoms with Gasteiger partial charge in [-0.25, -0.2) is 4.85 Å². The Morgan fingerprint density at radius 1 is 0.927 bits per heavy atom. The molecule has 0 aromatic rings. The molecule has 1 aliphatic heterocycles. The summed E-state index contributed by atoms with van der Waals surface area (Å²) in [7, 11) is 0. The van der Waals surface area contributed by atoms with Gasteiger partial charge in [-0.1, -0.05) is 60.1 Å². The maximum absolute atomic E-state index is 14.7. The number of hydrogen-bond donors (Lipinski definition) is 0. The van der Waals surface area contributed by atoms with Crippen LogP contribution in [0.25, 0.3) is 4.85 Å². The molecule has 0 N–H and O–H groups in total. The fraction of sp³-hybridized carbons (Fsp3) is 0.743. The van der Waals surface area contributed by atoms with Crippen LogP contribution in [0.15, 0.2) is 23.4 Å². The van der Waals surface area contributed by atoms with Gasteiger partial charge in [-0.2, -0.15) is 0 Å². The topological polar surface area (TPSA) is 75.9 Å². The summed E-state index contributed by atoms with van der Waals surface area (Å²) in [5.41, 5.74) is -0.683. The summed E-state index contributed by atoms with van der Waals surface area (Å²) in [6.45, 7) is 23.7. The van der Waals surface area contributed by atoms with Gasteiger partial charge in [0.15, 0.2) is 11.6 Å². The number of carbonyl (C=O) groups is 4. The predicted molar refractivity (Wildman–Crippen MR) is 156 cm³/mol. The van der Waals surface area contributed by atoms with Gasteiger partial charge < -0.3 is 4.79 Å². The van der Waals surface area contributed by atoms with E-state index in [4.69, 9.17) is 6.57 Å². The summed E-state index contributed by atoms with van der Waals surface area (Å²) in [5.74, 6) is 0.682. The zero-order valence-corrected chi connectivity index (χ0v) is 25.9. The number of Topliss-reactive ketones (excluding diaryl/α,β-unsaturated/α-hetero) is 1. The first-order chi connectivity index (χ1) is 19.1. The average Bonchev–Trinajstić information content (AvgIpc) is 3.22. The van der Waals surface area contributed by atoms with Crippen LogP contribution < -0.4 is 0 Å². The van der Waals surface area contributed by atoms with Crippen molar-refractivity contribution in [2.24, 2.45) is 56.7 Å². The Bertz CT molecular complexity index is 1350. The van der Waals surface area contributed by atoms with Gasteiger partial charge in [-0.3, -0.25) is 19.3 Å². The summed E-state index contributed by atoms with van der Waals surface area (Å²) in [5, 5.41) is 0. The third-order valence-corrected chi connectivity index (χ3v) is 14.0. The molecule has 220 valence electrons. The van der Waals surface area contributed by atoms with Crippen molar-refractivity contribution in [3.63, 3.8) is 0 Å². The quantitative estimate of drug-likeness (QED) is 0.284. The van der Waals surface area contributed by atoms with Crippen LogP contribution in [0.3, 0.4) is 0 Å². The molecule has 5 aliphatic carbocycles. The maximum atomic E-state index is 14.7. The van der Waals surface area contributed by atoms with Crippen LogP contribution in [0.2, 0.25) is 0 Å². The lowest BCUT2D eigenvalue weighted by Crippen LogP contribution is -2.66. The molecule has 1 saturated heterocycles. The van der Waals surface area contributed by atoms with Gasteiger partial charge >= 0.3 is 0 Å². The standard InChI is InChI=1S/C35H46N2O4/c1-20-11-14-35(19-37-26(39)9-10-27(37)40)16-15-34(7)29(28(35)21(20)2)23(38)17-25-32(5)18-22(36-8)30(41)31(3,4)24(32)12-13-33(25,34)6/h17-18,20-21,24,28-29H,9-16,19H2,1-7H3/t20-,21+,24+,28+,29-,32+,33-,34-,35-/m1/s1. The minimum atomic E-state index is -0.670. The lowest BCUT2D eigenvalue weighted by atomic mass is 9.34. The van der Waals surface area contributed by atoms with Crippen LogP contribution in [0.4, 0.5) is 0 Å². The van der Waals surface area contributed by atoms with E-state index >= 15 is 0 Å². The monoisotopic (exact) mass is 558 g/mol. The SMILES string of the molecule is [C-]#[N+]C1=C[C@]2(C)C3=CC(=O)[C@@H]4[C@@H]5[C@@H](C)[C@H](C)CC[C@]5(CN5C(=O)CCC5=O)CC[C@@]4(C)[C@]3(C)CC[C@H]2C(C)(C)C1=O. The highest BCUT2D eigenvalue weighted by Gasteiger charge is 2.70. The van der Waals surface area contributed by atoms with Crippen molar-refractivity contribution in [3.8, 4) is 0 Å². The zero-order chi connectivity index (χ0) is 29.9. The Kier molecular flexibility index (Phi) is 6.09. The zero-order valence-electron chi connectivity index (χ0n) is 25.9. The third-order valence-electron chi connectivity index (χ3n) is 14.0.